The molecule has 0 saturated carbocycles. The highest BCUT2D eigenvalue weighted by atomic mass is 28.3. The minimum Gasteiger partial charge on any atom is -0.457 e. The van der Waals surface area contributed by atoms with Crippen LogP contribution in [-0.2, 0) is 18.1 Å². The Morgan fingerprint density at radius 3 is 2.47 bits per heavy atom. The number of benzene rings is 2. The summed E-state index contributed by atoms with van der Waals surface area (Å²) < 4.78 is 13.8. The molecule has 0 saturated heterocycles. The molecule has 0 aliphatic rings. The third-order valence-electron chi connectivity index (χ3n) is 5.19. The largest absolute Gasteiger partial charge is 0.457 e. The summed E-state index contributed by atoms with van der Waals surface area (Å²) >= 11 is 0. The van der Waals surface area contributed by atoms with Gasteiger partial charge in [0.2, 0.25) is 0 Å². The molecule has 7 heteroatoms. The van der Waals surface area contributed by atoms with E-state index in [0.717, 1.165) is 46.3 Å². The lowest BCUT2D eigenvalue weighted by atomic mass is 10.1. The molecule has 2 heterocycles. The fraction of sp³-hybridized carbons (Fsp3) is 0.280. The van der Waals surface area contributed by atoms with E-state index >= 15 is 0 Å². The molecular formula is C25H29N3O3Si. The van der Waals surface area contributed by atoms with Gasteiger partial charge in [0.05, 0.1) is 23.5 Å². The van der Waals surface area contributed by atoms with Crippen molar-refractivity contribution in [3.8, 4) is 22.8 Å². The molecule has 2 aromatic carbocycles. The molecule has 0 aliphatic heterocycles. The first-order chi connectivity index (χ1) is 15.4. The molecule has 166 valence electrons. The Balaban J connectivity index is 1.42. The molecule has 0 atom stereocenters. The summed E-state index contributed by atoms with van der Waals surface area (Å²) in [6.45, 7) is 8.20. The van der Waals surface area contributed by atoms with E-state index in [4.69, 9.17) is 9.47 Å². The zero-order valence-corrected chi connectivity index (χ0v) is 19.8. The van der Waals surface area contributed by atoms with Gasteiger partial charge in [-0.05, 0) is 60.6 Å². The number of hydrogen-bond acceptors (Lipinski definition) is 5. The zero-order chi connectivity index (χ0) is 22.6. The molecule has 6 nitrogen and oxygen atoms in total. The van der Waals surface area contributed by atoms with Crippen molar-refractivity contribution in [2.45, 2.75) is 39.0 Å². The number of rotatable bonds is 9. The number of nitrogens with zero attached hydrogens (tertiary/aromatic N) is 3. The van der Waals surface area contributed by atoms with Crippen molar-refractivity contribution in [2.24, 2.45) is 0 Å². The van der Waals surface area contributed by atoms with Crippen LogP contribution in [0.15, 0.2) is 66.9 Å². The minimum atomic E-state index is -1.10. The fourth-order valence-electron chi connectivity index (χ4n) is 3.34. The highest BCUT2D eigenvalue weighted by Crippen LogP contribution is 2.28. The van der Waals surface area contributed by atoms with E-state index in [1.165, 1.54) is 0 Å². The van der Waals surface area contributed by atoms with E-state index < -0.39 is 8.07 Å². The van der Waals surface area contributed by atoms with Gasteiger partial charge in [-0.2, -0.15) is 5.10 Å². The van der Waals surface area contributed by atoms with Crippen LogP contribution in [0.4, 0.5) is 0 Å². The minimum absolute atomic E-state index is 0.0654. The summed E-state index contributed by atoms with van der Waals surface area (Å²) in [6.07, 6.45) is 1.80. The molecule has 4 rings (SSSR count). The number of pyridine rings is 1. The maximum Gasteiger partial charge on any atom is 0.139 e. The van der Waals surface area contributed by atoms with Gasteiger partial charge in [-0.25, -0.2) is 4.68 Å². The predicted molar refractivity (Wildman–Crippen MR) is 130 cm³/mol. The lowest BCUT2D eigenvalue weighted by Gasteiger charge is -2.16. The summed E-state index contributed by atoms with van der Waals surface area (Å²) in [5.74, 6) is 1.50. The zero-order valence-electron chi connectivity index (χ0n) is 18.8. The van der Waals surface area contributed by atoms with E-state index in [1.807, 2.05) is 65.3 Å². The van der Waals surface area contributed by atoms with Crippen LogP contribution in [-0.4, -0.2) is 34.6 Å². The number of fused-ring (bicyclic) bond motifs is 1. The first kappa shape index (κ1) is 22.2. The van der Waals surface area contributed by atoms with Crippen LogP contribution in [0, 0.1) is 0 Å². The van der Waals surface area contributed by atoms with Crippen molar-refractivity contribution in [3.63, 3.8) is 0 Å². The Kier molecular flexibility index (Phi) is 6.69. The van der Waals surface area contributed by atoms with Gasteiger partial charge in [0.25, 0.3) is 0 Å². The highest BCUT2D eigenvalue weighted by molar-refractivity contribution is 6.76. The molecule has 0 aliphatic carbocycles. The highest BCUT2D eigenvalue weighted by Gasteiger charge is 2.13. The Morgan fingerprint density at radius 1 is 0.938 bits per heavy atom. The van der Waals surface area contributed by atoms with Gasteiger partial charge >= 0.3 is 0 Å². The summed E-state index contributed by atoms with van der Waals surface area (Å²) in [5.41, 5.74) is 3.56. The molecule has 1 N–H and O–H groups in total. The van der Waals surface area contributed by atoms with Crippen LogP contribution in [0.3, 0.4) is 0 Å². The van der Waals surface area contributed by atoms with Crippen LogP contribution < -0.4 is 4.74 Å². The second kappa shape index (κ2) is 9.64. The van der Waals surface area contributed by atoms with E-state index in [9.17, 15) is 5.11 Å². The monoisotopic (exact) mass is 447 g/mol. The van der Waals surface area contributed by atoms with Gasteiger partial charge in [-0.3, -0.25) is 4.98 Å². The molecule has 4 aromatic rings. The number of aliphatic hydroxyl groups excluding tert-OH is 1. The molecule has 0 radical (unpaired) electrons. The van der Waals surface area contributed by atoms with E-state index in [2.05, 4.69) is 29.7 Å². The Bertz CT molecular complexity index is 1180. The van der Waals surface area contributed by atoms with Crippen LogP contribution in [0.2, 0.25) is 25.7 Å². The van der Waals surface area contributed by atoms with Crippen LogP contribution in [0.5, 0.6) is 11.5 Å². The smallest absolute Gasteiger partial charge is 0.139 e. The average molecular weight is 448 g/mol. The summed E-state index contributed by atoms with van der Waals surface area (Å²) in [6, 6.07) is 20.6. The second-order valence-corrected chi connectivity index (χ2v) is 14.6. The molecule has 0 bridgehead atoms. The van der Waals surface area contributed by atoms with Crippen molar-refractivity contribution in [1.82, 2.24) is 14.8 Å². The normalized spacial score (nSPS) is 11.8. The number of ether oxygens (including phenoxy) is 2. The summed E-state index contributed by atoms with van der Waals surface area (Å²) in [5, 5.41) is 14.6. The van der Waals surface area contributed by atoms with E-state index in [0.29, 0.717) is 12.4 Å². The van der Waals surface area contributed by atoms with Crippen molar-refractivity contribution in [1.29, 1.82) is 0 Å². The Morgan fingerprint density at radius 2 is 1.72 bits per heavy atom. The molecule has 2 aromatic heterocycles. The standard InChI is InChI=1S/C25H29N3O3Si/c1-32(2,3)15-14-30-18-28-25(12-13-26-28)19-5-8-22(9-6-19)31-23-10-11-24-20(16-23)4-7-21(17-29)27-24/h4-13,16,29H,14-15,17-18H2,1-3H3. The van der Waals surface area contributed by atoms with E-state index in [1.54, 1.807) is 6.20 Å². The number of aliphatic hydroxyl groups is 1. The van der Waals surface area contributed by atoms with Crippen molar-refractivity contribution < 1.29 is 14.6 Å². The maximum absolute atomic E-state index is 9.24. The Hall–Kier alpha value is -3.00. The van der Waals surface area contributed by atoms with Gasteiger partial charge in [-0.15, -0.1) is 0 Å². The third kappa shape index (κ3) is 5.62. The number of hydrogen-bond donors (Lipinski definition) is 1. The van der Waals surface area contributed by atoms with Gasteiger partial charge in [0.15, 0.2) is 0 Å². The van der Waals surface area contributed by atoms with Crippen LogP contribution >= 0.6 is 0 Å². The van der Waals surface area contributed by atoms with Crippen LogP contribution in [0.1, 0.15) is 5.69 Å². The first-order valence-corrected chi connectivity index (χ1v) is 14.5. The van der Waals surface area contributed by atoms with Gasteiger partial charge in [-0.1, -0.05) is 25.7 Å². The molecule has 0 spiro atoms. The molecule has 32 heavy (non-hydrogen) atoms. The molecule has 0 unspecified atom stereocenters. The second-order valence-electron chi connectivity index (χ2n) is 9.01. The van der Waals surface area contributed by atoms with Gasteiger partial charge in [0.1, 0.15) is 18.2 Å². The Labute approximate surface area is 189 Å². The van der Waals surface area contributed by atoms with Crippen molar-refractivity contribution in [2.75, 3.05) is 6.61 Å². The molecule has 0 fully saturated rings. The maximum atomic E-state index is 9.24. The van der Waals surface area contributed by atoms with Crippen LogP contribution in [0.25, 0.3) is 22.2 Å². The fourth-order valence-corrected chi connectivity index (χ4v) is 4.09. The van der Waals surface area contributed by atoms with Gasteiger partial charge in [0, 0.05) is 31.8 Å². The summed E-state index contributed by atoms with van der Waals surface area (Å²) in [4.78, 5) is 4.41. The predicted octanol–water partition coefficient (Wildman–Crippen LogP) is 5.70. The number of aromatic nitrogens is 3. The van der Waals surface area contributed by atoms with E-state index in [-0.39, 0.29) is 6.61 Å². The average Bonchev–Trinajstić information content (AvgIpc) is 3.25. The first-order valence-electron chi connectivity index (χ1n) is 10.8. The quantitative estimate of drug-likeness (QED) is 0.263. The third-order valence-corrected chi connectivity index (χ3v) is 6.90. The molecule has 0 amide bonds. The topological polar surface area (TPSA) is 69.4 Å². The van der Waals surface area contributed by atoms with Gasteiger partial charge < -0.3 is 14.6 Å². The molecular weight excluding hydrogens is 418 g/mol. The summed E-state index contributed by atoms with van der Waals surface area (Å²) in [7, 11) is -1.10. The lowest BCUT2D eigenvalue weighted by Crippen LogP contribution is -2.22. The van der Waals surface area contributed by atoms with Crippen molar-refractivity contribution in [3.05, 3.63) is 72.6 Å². The van der Waals surface area contributed by atoms with Crippen molar-refractivity contribution >= 4 is 19.0 Å². The lowest BCUT2D eigenvalue weighted by molar-refractivity contribution is 0.0798. The SMILES string of the molecule is C[Si](C)(C)CCOCn1nccc1-c1ccc(Oc2ccc3nc(CO)ccc3c2)cc1.